The molecule has 1 N–H and O–H groups in total. The third kappa shape index (κ3) is 3.58. The maximum absolute atomic E-state index is 3.50. The van der Waals surface area contributed by atoms with Gasteiger partial charge >= 0.3 is 0 Å². The zero-order valence-corrected chi connectivity index (χ0v) is 11.9. The van der Waals surface area contributed by atoms with Crippen molar-refractivity contribution in [2.24, 2.45) is 5.92 Å². The molecule has 1 heteroatoms. The van der Waals surface area contributed by atoms with E-state index in [1.807, 2.05) is 0 Å². The molecule has 1 nitrogen and oxygen atoms in total. The van der Waals surface area contributed by atoms with E-state index >= 15 is 0 Å². The maximum atomic E-state index is 3.50. The first-order valence-corrected chi connectivity index (χ1v) is 7.54. The van der Waals surface area contributed by atoms with Crippen molar-refractivity contribution in [2.75, 3.05) is 7.05 Å². The molecule has 0 amide bonds. The number of benzene rings is 1. The minimum absolute atomic E-state index is 0.535. The van der Waals surface area contributed by atoms with Crippen LogP contribution in [-0.4, -0.2) is 7.05 Å². The van der Waals surface area contributed by atoms with Gasteiger partial charge in [0.25, 0.3) is 0 Å². The van der Waals surface area contributed by atoms with Gasteiger partial charge in [0.15, 0.2) is 0 Å². The fraction of sp³-hybridized carbons (Fsp3) is 0.647. The van der Waals surface area contributed by atoms with Crippen molar-refractivity contribution < 1.29 is 0 Å². The van der Waals surface area contributed by atoms with Gasteiger partial charge in [0, 0.05) is 6.04 Å². The molecule has 1 atom stereocenters. The van der Waals surface area contributed by atoms with Gasteiger partial charge in [0.05, 0.1) is 0 Å². The van der Waals surface area contributed by atoms with Gasteiger partial charge in [-0.2, -0.15) is 0 Å². The Hall–Kier alpha value is -0.820. The monoisotopic (exact) mass is 245 g/mol. The molecule has 1 aliphatic rings. The predicted molar refractivity (Wildman–Crippen MR) is 78.8 cm³/mol. The molecule has 0 bridgehead atoms. The smallest absolute Gasteiger partial charge is 0.0320 e. The van der Waals surface area contributed by atoms with Gasteiger partial charge < -0.3 is 5.32 Å². The molecular formula is C17H27N. The highest BCUT2D eigenvalue weighted by molar-refractivity contribution is 5.28. The molecule has 1 fully saturated rings. The number of hydrogen-bond donors (Lipinski definition) is 1. The average molecular weight is 245 g/mol. The normalized spacial score (nSPS) is 18.8. The van der Waals surface area contributed by atoms with E-state index in [9.17, 15) is 0 Å². The molecule has 0 saturated heterocycles. The van der Waals surface area contributed by atoms with E-state index in [0.717, 1.165) is 5.92 Å². The topological polar surface area (TPSA) is 12.0 Å². The van der Waals surface area contributed by atoms with Crippen molar-refractivity contribution in [2.45, 2.75) is 57.9 Å². The van der Waals surface area contributed by atoms with Crippen LogP contribution in [0.3, 0.4) is 0 Å². The highest BCUT2D eigenvalue weighted by Gasteiger charge is 2.17. The van der Waals surface area contributed by atoms with Crippen molar-refractivity contribution in [3.63, 3.8) is 0 Å². The van der Waals surface area contributed by atoms with Crippen LogP contribution in [0.1, 0.15) is 62.1 Å². The Bertz CT molecular complexity index is 352. The summed E-state index contributed by atoms with van der Waals surface area (Å²) >= 11 is 0. The van der Waals surface area contributed by atoms with Crippen molar-refractivity contribution in [3.8, 4) is 0 Å². The summed E-state index contributed by atoms with van der Waals surface area (Å²) in [5.41, 5.74) is 2.90. The van der Waals surface area contributed by atoms with E-state index in [4.69, 9.17) is 0 Å². The Morgan fingerprint density at radius 1 is 1.17 bits per heavy atom. The van der Waals surface area contributed by atoms with Gasteiger partial charge in [-0.1, -0.05) is 56.4 Å². The summed E-state index contributed by atoms with van der Waals surface area (Å²) in [4.78, 5) is 0. The second kappa shape index (κ2) is 6.94. The lowest BCUT2D eigenvalue weighted by Gasteiger charge is -2.25. The summed E-state index contributed by atoms with van der Waals surface area (Å²) in [6.45, 7) is 2.22. The molecule has 1 aliphatic carbocycles. The average Bonchev–Trinajstić information content (AvgIpc) is 2.42. The lowest BCUT2D eigenvalue weighted by molar-refractivity contribution is 0.317. The molecule has 0 aromatic heterocycles. The molecule has 1 unspecified atom stereocenters. The molecule has 1 aromatic carbocycles. The van der Waals surface area contributed by atoms with Crippen LogP contribution in [-0.2, 0) is 0 Å². The van der Waals surface area contributed by atoms with E-state index in [-0.39, 0.29) is 0 Å². The van der Waals surface area contributed by atoms with Crippen LogP contribution in [0.15, 0.2) is 24.3 Å². The summed E-state index contributed by atoms with van der Waals surface area (Å²) in [5, 5.41) is 3.50. The van der Waals surface area contributed by atoms with Crippen molar-refractivity contribution >= 4 is 0 Å². The van der Waals surface area contributed by atoms with E-state index in [0.29, 0.717) is 6.04 Å². The zero-order chi connectivity index (χ0) is 12.8. The summed E-state index contributed by atoms with van der Waals surface area (Å²) in [6, 6.07) is 9.32. The first kappa shape index (κ1) is 13.6. The zero-order valence-electron chi connectivity index (χ0n) is 11.9. The van der Waals surface area contributed by atoms with Gasteiger partial charge in [-0.05, 0) is 43.9 Å². The number of rotatable bonds is 5. The summed E-state index contributed by atoms with van der Waals surface area (Å²) in [6.07, 6.45) is 9.97. The molecule has 0 aliphatic heterocycles. The minimum Gasteiger partial charge on any atom is -0.313 e. The third-order valence-electron chi connectivity index (χ3n) is 4.50. The van der Waals surface area contributed by atoms with Crippen LogP contribution in [0, 0.1) is 12.8 Å². The summed E-state index contributed by atoms with van der Waals surface area (Å²) in [7, 11) is 2.10. The van der Waals surface area contributed by atoms with Crippen LogP contribution in [0.4, 0.5) is 0 Å². The molecule has 100 valence electrons. The Labute approximate surface area is 112 Å². The fourth-order valence-corrected chi connectivity index (χ4v) is 3.31. The lowest BCUT2D eigenvalue weighted by atomic mass is 9.84. The Morgan fingerprint density at radius 2 is 1.89 bits per heavy atom. The highest BCUT2D eigenvalue weighted by Crippen LogP contribution is 2.30. The van der Waals surface area contributed by atoms with Crippen LogP contribution < -0.4 is 5.32 Å². The van der Waals surface area contributed by atoms with Gasteiger partial charge in [-0.15, -0.1) is 0 Å². The molecule has 0 heterocycles. The SMILES string of the molecule is CNC(CCC1CCCCC1)c1ccccc1C. The minimum atomic E-state index is 0.535. The predicted octanol–water partition coefficient (Wildman–Crippen LogP) is 4.62. The van der Waals surface area contributed by atoms with Crippen LogP contribution >= 0.6 is 0 Å². The summed E-state index contributed by atoms with van der Waals surface area (Å²) in [5.74, 6) is 0.985. The van der Waals surface area contributed by atoms with E-state index in [1.165, 1.54) is 56.1 Å². The summed E-state index contributed by atoms with van der Waals surface area (Å²) < 4.78 is 0. The molecule has 18 heavy (non-hydrogen) atoms. The van der Waals surface area contributed by atoms with E-state index < -0.39 is 0 Å². The van der Waals surface area contributed by atoms with Crippen LogP contribution in [0.5, 0.6) is 0 Å². The Kier molecular flexibility index (Phi) is 5.25. The van der Waals surface area contributed by atoms with E-state index in [2.05, 4.69) is 43.6 Å². The number of nitrogens with one attached hydrogen (secondary N) is 1. The van der Waals surface area contributed by atoms with Gasteiger partial charge in [0.1, 0.15) is 0 Å². The van der Waals surface area contributed by atoms with Crippen molar-refractivity contribution in [1.29, 1.82) is 0 Å². The molecule has 1 aromatic rings. The molecule has 0 spiro atoms. The second-order valence-electron chi connectivity index (χ2n) is 5.78. The van der Waals surface area contributed by atoms with Crippen LogP contribution in [0.2, 0.25) is 0 Å². The maximum Gasteiger partial charge on any atom is 0.0320 e. The Balaban J connectivity index is 1.91. The van der Waals surface area contributed by atoms with Crippen molar-refractivity contribution in [1.82, 2.24) is 5.32 Å². The third-order valence-corrected chi connectivity index (χ3v) is 4.50. The molecule has 0 radical (unpaired) electrons. The largest absolute Gasteiger partial charge is 0.313 e. The fourth-order valence-electron chi connectivity index (χ4n) is 3.31. The molecular weight excluding hydrogens is 218 g/mol. The van der Waals surface area contributed by atoms with Gasteiger partial charge in [-0.25, -0.2) is 0 Å². The number of aryl methyl sites for hydroxylation is 1. The lowest BCUT2D eigenvalue weighted by Crippen LogP contribution is -2.19. The molecule has 2 rings (SSSR count). The first-order chi connectivity index (χ1) is 8.81. The quantitative estimate of drug-likeness (QED) is 0.798. The first-order valence-electron chi connectivity index (χ1n) is 7.54. The van der Waals surface area contributed by atoms with Crippen molar-refractivity contribution in [3.05, 3.63) is 35.4 Å². The number of hydrogen-bond acceptors (Lipinski definition) is 1. The van der Waals surface area contributed by atoms with Crippen LogP contribution in [0.25, 0.3) is 0 Å². The van der Waals surface area contributed by atoms with Gasteiger partial charge in [-0.3, -0.25) is 0 Å². The van der Waals surface area contributed by atoms with Gasteiger partial charge in [0.2, 0.25) is 0 Å². The highest BCUT2D eigenvalue weighted by atomic mass is 14.9. The standard InChI is InChI=1S/C17H27N/c1-14-8-6-7-11-16(14)17(18-2)13-12-15-9-4-3-5-10-15/h6-8,11,15,17-18H,3-5,9-10,12-13H2,1-2H3. The second-order valence-corrected chi connectivity index (χ2v) is 5.78. The molecule has 1 saturated carbocycles. The Morgan fingerprint density at radius 3 is 2.56 bits per heavy atom. The van der Waals surface area contributed by atoms with E-state index in [1.54, 1.807) is 0 Å².